The van der Waals surface area contributed by atoms with Crippen molar-refractivity contribution in [2.75, 3.05) is 19.5 Å². The number of alkyl halides is 3. The van der Waals surface area contributed by atoms with Crippen LogP contribution in [0.25, 0.3) is 5.69 Å². The van der Waals surface area contributed by atoms with E-state index in [4.69, 9.17) is 9.47 Å². The number of ketones is 1. The number of aryl methyl sites for hydroxylation is 1. The summed E-state index contributed by atoms with van der Waals surface area (Å²) in [5.41, 5.74) is 0.0148. The highest BCUT2D eigenvalue weighted by Crippen LogP contribution is 2.31. The monoisotopic (exact) mass is 447 g/mol. The molecule has 0 radical (unpaired) electrons. The van der Waals surface area contributed by atoms with Gasteiger partial charge in [0.15, 0.2) is 0 Å². The van der Waals surface area contributed by atoms with E-state index >= 15 is 0 Å². The fourth-order valence-corrected chi connectivity index (χ4v) is 3.22. The molecule has 10 heteroatoms. The summed E-state index contributed by atoms with van der Waals surface area (Å²) >= 11 is 0. The Morgan fingerprint density at radius 2 is 1.62 bits per heavy atom. The van der Waals surface area contributed by atoms with Crippen molar-refractivity contribution < 1.29 is 32.2 Å². The lowest BCUT2D eigenvalue weighted by atomic mass is 10.1. The molecule has 0 saturated heterocycles. The van der Waals surface area contributed by atoms with Crippen molar-refractivity contribution in [3.05, 3.63) is 65.0 Å². The third kappa shape index (κ3) is 4.58. The number of carbonyl (C=O) groups is 2. The SMILES string of the molecule is COc1cc(NC(=O)C(=O)c2c(C)nn(-c3cccc(C(F)(F)F)c3)c2C)cc(OC)c1. The predicted molar refractivity (Wildman–Crippen MR) is 111 cm³/mol. The number of ether oxygens (including phenoxy) is 2. The first-order valence-corrected chi connectivity index (χ1v) is 9.37. The van der Waals surface area contributed by atoms with Gasteiger partial charge in [0.1, 0.15) is 11.5 Å². The van der Waals surface area contributed by atoms with Gasteiger partial charge < -0.3 is 14.8 Å². The number of methoxy groups -OCH3 is 2. The maximum absolute atomic E-state index is 13.1. The summed E-state index contributed by atoms with van der Waals surface area (Å²) in [4.78, 5) is 25.5. The van der Waals surface area contributed by atoms with Gasteiger partial charge in [0, 0.05) is 23.9 Å². The number of amides is 1. The van der Waals surface area contributed by atoms with Crippen LogP contribution < -0.4 is 14.8 Å². The minimum absolute atomic E-state index is 0.00905. The Hall–Kier alpha value is -3.82. The van der Waals surface area contributed by atoms with Crippen molar-refractivity contribution in [1.29, 1.82) is 0 Å². The van der Waals surface area contributed by atoms with Crippen molar-refractivity contribution in [3.8, 4) is 17.2 Å². The summed E-state index contributed by atoms with van der Waals surface area (Å²) in [6.45, 7) is 3.02. The molecule has 1 amide bonds. The fourth-order valence-electron chi connectivity index (χ4n) is 3.22. The Bertz CT molecular complexity index is 1160. The molecule has 0 unspecified atom stereocenters. The number of anilines is 1. The van der Waals surface area contributed by atoms with Crippen LogP contribution in [0.1, 0.15) is 27.3 Å². The molecule has 3 aromatic rings. The van der Waals surface area contributed by atoms with Gasteiger partial charge in [-0.15, -0.1) is 0 Å². The second-order valence-corrected chi connectivity index (χ2v) is 6.89. The summed E-state index contributed by atoms with van der Waals surface area (Å²) in [5, 5.41) is 6.67. The smallest absolute Gasteiger partial charge is 0.416 e. The normalized spacial score (nSPS) is 11.2. The molecule has 1 heterocycles. The van der Waals surface area contributed by atoms with Gasteiger partial charge in [-0.3, -0.25) is 9.59 Å². The molecule has 1 N–H and O–H groups in total. The first-order valence-electron chi connectivity index (χ1n) is 9.37. The van der Waals surface area contributed by atoms with E-state index in [2.05, 4.69) is 10.4 Å². The number of hydrogen-bond acceptors (Lipinski definition) is 5. The van der Waals surface area contributed by atoms with E-state index in [1.54, 1.807) is 6.07 Å². The Morgan fingerprint density at radius 1 is 1.00 bits per heavy atom. The summed E-state index contributed by atoms with van der Waals surface area (Å²) in [5.74, 6) is -0.983. The summed E-state index contributed by atoms with van der Waals surface area (Å²) in [7, 11) is 2.89. The maximum Gasteiger partial charge on any atom is 0.416 e. The Morgan fingerprint density at radius 3 is 2.19 bits per heavy atom. The number of carbonyl (C=O) groups excluding carboxylic acids is 2. The quantitative estimate of drug-likeness (QED) is 0.449. The van der Waals surface area contributed by atoms with E-state index in [1.807, 2.05) is 0 Å². The van der Waals surface area contributed by atoms with Gasteiger partial charge in [-0.25, -0.2) is 4.68 Å². The van der Waals surface area contributed by atoms with E-state index in [1.165, 1.54) is 57.0 Å². The van der Waals surface area contributed by atoms with E-state index in [9.17, 15) is 22.8 Å². The molecule has 0 bridgehead atoms. The summed E-state index contributed by atoms with van der Waals surface area (Å²) < 4.78 is 50.7. The van der Waals surface area contributed by atoms with Crippen LogP contribution in [0.3, 0.4) is 0 Å². The largest absolute Gasteiger partial charge is 0.497 e. The lowest BCUT2D eigenvalue weighted by molar-refractivity contribution is -0.137. The fraction of sp³-hybridized carbons (Fsp3) is 0.227. The van der Waals surface area contributed by atoms with Crippen LogP contribution in [0.15, 0.2) is 42.5 Å². The van der Waals surface area contributed by atoms with Gasteiger partial charge in [0.05, 0.1) is 42.4 Å². The third-order valence-electron chi connectivity index (χ3n) is 4.75. The summed E-state index contributed by atoms with van der Waals surface area (Å²) in [6.07, 6.45) is -4.53. The highest BCUT2D eigenvalue weighted by Gasteiger charge is 2.31. The van der Waals surface area contributed by atoms with Crippen molar-refractivity contribution in [2.24, 2.45) is 0 Å². The molecule has 1 aromatic heterocycles. The zero-order valence-electron chi connectivity index (χ0n) is 17.7. The Kier molecular flexibility index (Phi) is 6.24. The van der Waals surface area contributed by atoms with Gasteiger partial charge in [0.2, 0.25) is 0 Å². The number of hydrogen-bond donors (Lipinski definition) is 1. The minimum atomic E-state index is -4.53. The first kappa shape index (κ1) is 22.9. The van der Waals surface area contributed by atoms with Crippen LogP contribution in [0, 0.1) is 13.8 Å². The minimum Gasteiger partial charge on any atom is -0.497 e. The third-order valence-corrected chi connectivity index (χ3v) is 4.75. The van der Waals surface area contributed by atoms with Gasteiger partial charge in [-0.1, -0.05) is 6.07 Å². The number of benzene rings is 2. The molecule has 0 spiro atoms. The van der Waals surface area contributed by atoms with Crippen LogP contribution in [0.2, 0.25) is 0 Å². The highest BCUT2D eigenvalue weighted by atomic mass is 19.4. The van der Waals surface area contributed by atoms with Crippen LogP contribution >= 0.6 is 0 Å². The number of halogens is 3. The molecule has 168 valence electrons. The standard InChI is InChI=1S/C22H20F3N3O4/c1-12-19(13(2)28(27-12)16-7-5-6-14(8-16)22(23,24)25)20(29)21(30)26-15-9-17(31-3)11-18(10-15)32-4/h5-11H,1-4H3,(H,26,30). The topological polar surface area (TPSA) is 82.5 Å². The molecule has 0 saturated carbocycles. The van der Waals surface area contributed by atoms with E-state index in [-0.39, 0.29) is 28.3 Å². The first-order chi connectivity index (χ1) is 15.0. The number of aromatic nitrogens is 2. The number of Topliss-reactive ketones (excluding diaryl/α,β-unsaturated/α-hetero) is 1. The van der Waals surface area contributed by atoms with Crippen LogP contribution in [0.4, 0.5) is 18.9 Å². The zero-order valence-corrected chi connectivity index (χ0v) is 17.7. The summed E-state index contributed by atoms with van der Waals surface area (Å²) in [6, 6.07) is 9.18. The lowest BCUT2D eigenvalue weighted by Crippen LogP contribution is -2.24. The molecule has 0 atom stereocenters. The van der Waals surface area contributed by atoms with E-state index < -0.39 is 23.4 Å². The maximum atomic E-state index is 13.1. The molecule has 32 heavy (non-hydrogen) atoms. The Balaban J connectivity index is 1.92. The number of nitrogens with one attached hydrogen (secondary N) is 1. The number of nitrogens with zero attached hydrogens (tertiary/aromatic N) is 2. The van der Waals surface area contributed by atoms with Crippen molar-refractivity contribution in [3.63, 3.8) is 0 Å². The Labute approximate surface area is 181 Å². The second-order valence-electron chi connectivity index (χ2n) is 6.89. The van der Waals surface area contributed by atoms with Gasteiger partial charge in [-0.2, -0.15) is 18.3 Å². The molecular weight excluding hydrogens is 427 g/mol. The van der Waals surface area contributed by atoms with Crippen LogP contribution in [-0.2, 0) is 11.0 Å². The second kappa shape index (κ2) is 8.74. The predicted octanol–water partition coefficient (Wildman–Crippen LogP) is 4.35. The molecule has 0 aliphatic carbocycles. The van der Waals surface area contributed by atoms with Gasteiger partial charge >= 0.3 is 6.18 Å². The number of rotatable bonds is 6. The van der Waals surface area contributed by atoms with E-state index in [0.717, 1.165) is 12.1 Å². The average molecular weight is 447 g/mol. The molecule has 2 aromatic carbocycles. The average Bonchev–Trinajstić information content (AvgIpc) is 3.06. The molecular formula is C22H20F3N3O4. The van der Waals surface area contributed by atoms with Crippen molar-refractivity contribution >= 4 is 17.4 Å². The van der Waals surface area contributed by atoms with Crippen LogP contribution in [0.5, 0.6) is 11.5 Å². The lowest BCUT2D eigenvalue weighted by Gasteiger charge is -2.11. The molecule has 0 fully saturated rings. The zero-order chi connectivity index (χ0) is 23.6. The van der Waals surface area contributed by atoms with Gasteiger partial charge in [-0.05, 0) is 32.0 Å². The highest BCUT2D eigenvalue weighted by molar-refractivity contribution is 6.47. The molecule has 0 aliphatic rings. The molecule has 7 nitrogen and oxygen atoms in total. The molecule has 3 rings (SSSR count). The van der Waals surface area contributed by atoms with Crippen LogP contribution in [-0.4, -0.2) is 35.7 Å². The van der Waals surface area contributed by atoms with E-state index in [0.29, 0.717) is 11.5 Å². The van der Waals surface area contributed by atoms with Crippen molar-refractivity contribution in [1.82, 2.24) is 9.78 Å². The molecule has 0 aliphatic heterocycles. The van der Waals surface area contributed by atoms with Gasteiger partial charge in [0.25, 0.3) is 11.7 Å². The van der Waals surface area contributed by atoms with Crippen molar-refractivity contribution in [2.45, 2.75) is 20.0 Å².